The maximum absolute atomic E-state index is 8.76. The van der Waals surface area contributed by atoms with Crippen LogP contribution in [0.25, 0.3) is 0 Å². The summed E-state index contributed by atoms with van der Waals surface area (Å²) in [6.45, 7) is 9.93. The van der Waals surface area contributed by atoms with Gasteiger partial charge in [0.1, 0.15) is 0 Å². The van der Waals surface area contributed by atoms with Crippen molar-refractivity contribution in [3.63, 3.8) is 0 Å². The molecule has 0 aromatic heterocycles. The molecule has 0 atom stereocenters. The van der Waals surface area contributed by atoms with Crippen LogP contribution in [0.5, 0.6) is 0 Å². The highest BCUT2D eigenvalue weighted by Gasteiger charge is 2.15. The number of aliphatic hydroxyl groups excluding tert-OH is 1. The van der Waals surface area contributed by atoms with E-state index in [0.717, 1.165) is 24.0 Å². The van der Waals surface area contributed by atoms with Crippen LogP contribution in [0.2, 0.25) is 0 Å². The molecule has 0 fully saturated rings. The van der Waals surface area contributed by atoms with Crippen LogP contribution < -0.4 is 5.32 Å². The van der Waals surface area contributed by atoms with Gasteiger partial charge in [-0.2, -0.15) is 0 Å². The van der Waals surface area contributed by atoms with Crippen LogP contribution in [0.15, 0.2) is 11.1 Å². The first-order valence-electron chi connectivity index (χ1n) is 4.13. The third kappa shape index (κ3) is 6.83. The molecule has 72 valence electrons. The third-order valence-electron chi connectivity index (χ3n) is 1.71. The van der Waals surface area contributed by atoms with Gasteiger partial charge in [0.05, 0.1) is 0 Å². The van der Waals surface area contributed by atoms with Crippen molar-refractivity contribution in [2.24, 2.45) is 5.41 Å². The highest BCUT2D eigenvalue weighted by Crippen LogP contribution is 2.17. The molecule has 2 N–H and O–H groups in total. The lowest BCUT2D eigenvalue weighted by Gasteiger charge is -2.23. The molecule has 0 aromatic rings. The number of aliphatic hydroxyl groups is 1. The van der Waals surface area contributed by atoms with Crippen LogP contribution in [0.4, 0.5) is 0 Å². The van der Waals surface area contributed by atoms with E-state index in [0.29, 0.717) is 0 Å². The Bertz CT molecular complexity index is 145. The third-order valence-corrected chi connectivity index (χ3v) is 1.99. The summed E-state index contributed by atoms with van der Waals surface area (Å²) in [7, 11) is 0. The molecule has 0 saturated heterocycles. The molecule has 0 unspecified atom stereocenters. The molecule has 0 bridgehead atoms. The van der Waals surface area contributed by atoms with E-state index in [1.807, 2.05) is 0 Å². The molecular formula is C9H18BrNO. The molecule has 2 nitrogen and oxygen atoms in total. The van der Waals surface area contributed by atoms with Gasteiger partial charge in [-0.25, -0.2) is 0 Å². The van der Waals surface area contributed by atoms with Crippen molar-refractivity contribution in [3.05, 3.63) is 11.1 Å². The molecule has 0 rings (SSSR count). The first-order chi connectivity index (χ1) is 5.48. The molecule has 0 heterocycles. The van der Waals surface area contributed by atoms with Crippen molar-refractivity contribution in [1.82, 2.24) is 5.32 Å². The van der Waals surface area contributed by atoms with Gasteiger partial charge in [-0.1, -0.05) is 36.4 Å². The van der Waals surface area contributed by atoms with E-state index < -0.39 is 0 Å². The van der Waals surface area contributed by atoms with E-state index in [1.54, 1.807) is 0 Å². The average molecular weight is 236 g/mol. The standard InChI is InChI=1S/C9H18BrNO/c1-8(10)6-11-7-9(2,3)4-5-12/h11-12H,1,4-7H2,2-3H3. The van der Waals surface area contributed by atoms with Gasteiger partial charge in [-0.3, -0.25) is 0 Å². The minimum Gasteiger partial charge on any atom is -0.396 e. The van der Waals surface area contributed by atoms with E-state index in [1.165, 1.54) is 0 Å². The summed E-state index contributed by atoms with van der Waals surface area (Å²) in [6.07, 6.45) is 0.828. The van der Waals surface area contributed by atoms with Crippen LogP contribution in [0.1, 0.15) is 20.3 Å². The minimum atomic E-state index is 0.164. The Kier molecular flexibility index (Phi) is 5.80. The number of rotatable bonds is 6. The molecule has 0 radical (unpaired) electrons. The molecule has 0 spiro atoms. The zero-order valence-corrected chi connectivity index (χ0v) is 9.45. The van der Waals surface area contributed by atoms with E-state index >= 15 is 0 Å². The second kappa shape index (κ2) is 5.73. The number of halogens is 1. The van der Waals surface area contributed by atoms with Gasteiger partial charge in [0, 0.05) is 24.2 Å². The molecule has 3 heteroatoms. The van der Waals surface area contributed by atoms with Gasteiger partial charge in [-0.15, -0.1) is 0 Å². The number of hydrogen-bond donors (Lipinski definition) is 2. The number of nitrogens with one attached hydrogen (secondary N) is 1. The Morgan fingerprint density at radius 2 is 2.17 bits per heavy atom. The van der Waals surface area contributed by atoms with Crippen LogP contribution in [0, 0.1) is 5.41 Å². The summed E-state index contributed by atoms with van der Waals surface area (Å²) in [5.74, 6) is 0. The van der Waals surface area contributed by atoms with Gasteiger partial charge in [-0.05, 0) is 11.8 Å². The molecule has 0 aromatic carbocycles. The van der Waals surface area contributed by atoms with Gasteiger partial charge < -0.3 is 10.4 Å². The fourth-order valence-corrected chi connectivity index (χ4v) is 1.13. The van der Waals surface area contributed by atoms with Crippen molar-refractivity contribution >= 4 is 15.9 Å². The van der Waals surface area contributed by atoms with Crippen LogP contribution in [-0.4, -0.2) is 24.8 Å². The maximum atomic E-state index is 8.76. The normalized spacial score (nSPS) is 11.7. The van der Waals surface area contributed by atoms with Gasteiger partial charge in [0.25, 0.3) is 0 Å². The summed E-state index contributed by atoms with van der Waals surface area (Å²) in [5.41, 5.74) is 0.164. The lowest BCUT2D eigenvalue weighted by Crippen LogP contribution is -2.30. The van der Waals surface area contributed by atoms with Crippen LogP contribution >= 0.6 is 15.9 Å². The highest BCUT2D eigenvalue weighted by atomic mass is 79.9. The maximum Gasteiger partial charge on any atom is 0.0436 e. The minimum absolute atomic E-state index is 0.164. The van der Waals surface area contributed by atoms with Crippen molar-refractivity contribution in [2.75, 3.05) is 19.7 Å². The molecule has 0 aliphatic rings. The van der Waals surface area contributed by atoms with Crippen molar-refractivity contribution in [1.29, 1.82) is 0 Å². The monoisotopic (exact) mass is 235 g/mol. The Morgan fingerprint density at radius 3 is 2.58 bits per heavy atom. The van der Waals surface area contributed by atoms with Gasteiger partial charge >= 0.3 is 0 Å². The van der Waals surface area contributed by atoms with Crippen molar-refractivity contribution in [2.45, 2.75) is 20.3 Å². The van der Waals surface area contributed by atoms with E-state index in [-0.39, 0.29) is 12.0 Å². The molecule has 0 aliphatic heterocycles. The molecular weight excluding hydrogens is 218 g/mol. The quantitative estimate of drug-likeness (QED) is 0.738. The Morgan fingerprint density at radius 1 is 1.58 bits per heavy atom. The zero-order valence-electron chi connectivity index (χ0n) is 7.86. The molecule has 0 aliphatic carbocycles. The Labute approximate surface area is 83.2 Å². The zero-order chi connectivity index (χ0) is 9.61. The van der Waals surface area contributed by atoms with E-state index in [9.17, 15) is 0 Å². The summed E-state index contributed by atoms with van der Waals surface area (Å²) in [4.78, 5) is 0. The molecule has 0 saturated carbocycles. The van der Waals surface area contributed by atoms with Gasteiger partial charge in [0.2, 0.25) is 0 Å². The largest absolute Gasteiger partial charge is 0.396 e. The van der Waals surface area contributed by atoms with E-state index in [2.05, 4.69) is 41.7 Å². The average Bonchev–Trinajstić information content (AvgIpc) is 1.85. The first-order valence-corrected chi connectivity index (χ1v) is 4.92. The predicted octanol–water partition coefficient (Wildman–Crippen LogP) is 1.89. The van der Waals surface area contributed by atoms with Crippen LogP contribution in [-0.2, 0) is 0 Å². The molecule has 0 amide bonds. The van der Waals surface area contributed by atoms with Gasteiger partial charge in [0.15, 0.2) is 0 Å². The number of hydrogen-bond acceptors (Lipinski definition) is 2. The topological polar surface area (TPSA) is 32.3 Å². The summed E-state index contributed by atoms with van der Waals surface area (Å²) in [6, 6.07) is 0. The van der Waals surface area contributed by atoms with Crippen LogP contribution in [0.3, 0.4) is 0 Å². The summed E-state index contributed by atoms with van der Waals surface area (Å²) < 4.78 is 0.960. The Hall–Kier alpha value is 0.140. The smallest absolute Gasteiger partial charge is 0.0436 e. The highest BCUT2D eigenvalue weighted by molar-refractivity contribution is 9.11. The predicted molar refractivity (Wildman–Crippen MR) is 56.4 cm³/mol. The second-order valence-electron chi connectivity index (χ2n) is 3.76. The molecule has 12 heavy (non-hydrogen) atoms. The SMILES string of the molecule is C=C(Br)CNCC(C)(C)CCO. The second-order valence-corrected chi connectivity index (χ2v) is 4.88. The van der Waals surface area contributed by atoms with Crippen molar-refractivity contribution < 1.29 is 5.11 Å². The fourth-order valence-electron chi connectivity index (χ4n) is 0.928. The van der Waals surface area contributed by atoms with Crippen molar-refractivity contribution in [3.8, 4) is 0 Å². The lowest BCUT2D eigenvalue weighted by atomic mass is 9.90. The Balaban J connectivity index is 3.53. The van der Waals surface area contributed by atoms with E-state index in [4.69, 9.17) is 5.11 Å². The summed E-state index contributed by atoms with van der Waals surface area (Å²) >= 11 is 3.27. The lowest BCUT2D eigenvalue weighted by molar-refractivity contribution is 0.208. The summed E-state index contributed by atoms with van der Waals surface area (Å²) in [5, 5.41) is 12.0. The fraction of sp³-hybridized carbons (Fsp3) is 0.778. The first kappa shape index (κ1) is 12.1.